The number of hydrogen-bond acceptors (Lipinski definition) is 14. The monoisotopic (exact) mass is 1390 g/mol. The lowest BCUT2D eigenvalue weighted by molar-refractivity contribution is -0.163. The van der Waals surface area contributed by atoms with E-state index in [-0.39, 0.29) is 60.2 Å². The van der Waals surface area contributed by atoms with Crippen LogP contribution in [-0.2, 0) is 38.2 Å². The Morgan fingerprint density at radius 3 is 1.46 bits per heavy atom. The summed E-state index contributed by atoms with van der Waals surface area (Å²) in [6.45, 7) is 22.7. The van der Waals surface area contributed by atoms with Crippen molar-refractivity contribution in [2.24, 2.45) is 50.1 Å². The van der Waals surface area contributed by atoms with Crippen LogP contribution in [0.25, 0.3) is 0 Å². The number of rotatable bonds is 16. The maximum Gasteiger partial charge on any atom is 0.319 e. The Balaban J connectivity index is 0.00000104. The highest BCUT2D eigenvalue weighted by molar-refractivity contribution is 14.1. The van der Waals surface area contributed by atoms with Crippen LogP contribution in [0, 0.1) is 51.0 Å². The summed E-state index contributed by atoms with van der Waals surface area (Å²) < 4.78 is 10.7. The second-order valence-electron chi connectivity index (χ2n) is 24.0. The lowest BCUT2D eigenvalue weighted by Gasteiger charge is -2.35. The number of hydrazone groups is 2. The normalized spacial score (nSPS) is 21.2. The molecule has 2 heterocycles. The number of ketones is 4. The molecule has 0 aromatic heterocycles. The van der Waals surface area contributed by atoms with Gasteiger partial charge in [-0.3, -0.25) is 38.4 Å². The molecule has 4 unspecified atom stereocenters. The van der Waals surface area contributed by atoms with Crippen molar-refractivity contribution in [1.82, 2.24) is 10.4 Å². The van der Waals surface area contributed by atoms with Gasteiger partial charge in [-0.25, -0.2) is 21.5 Å². The molecule has 16 nitrogen and oxygen atoms in total. The molecule has 4 saturated carbocycles. The molecule has 0 saturated heterocycles. The lowest BCUT2D eigenvalue weighted by atomic mass is 9.67. The summed E-state index contributed by atoms with van der Waals surface area (Å²) in [5.74, 6) is -0.428. The topological polar surface area (TPSA) is 243 Å². The van der Waals surface area contributed by atoms with Crippen LogP contribution in [0.1, 0.15) is 253 Å². The molecule has 0 radical (unpaired) electrons. The first-order chi connectivity index (χ1) is 41.5. The van der Waals surface area contributed by atoms with Gasteiger partial charge < -0.3 is 9.47 Å². The Morgan fingerprint density at radius 1 is 0.678 bits per heavy atom. The van der Waals surface area contributed by atoms with Crippen molar-refractivity contribution in [2.75, 3.05) is 25.1 Å². The molecule has 0 spiro atoms. The summed E-state index contributed by atoms with van der Waals surface area (Å²) in [6, 6.07) is 18.3. The molecule has 4 fully saturated rings. The largest absolute Gasteiger partial charge is 0.465 e. The number of halogens is 2. The van der Waals surface area contributed by atoms with E-state index in [4.69, 9.17) is 15.8 Å². The maximum atomic E-state index is 13.0. The first kappa shape index (κ1) is 80.2. The van der Waals surface area contributed by atoms with E-state index in [0.29, 0.717) is 35.9 Å². The molecule has 490 valence electrons. The maximum absolute atomic E-state index is 13.0. The van der Waals surface area contributed by atoms with Gasteiger partial charge >= 0.3 is 11.9 Å². The number of carbonyl (C=O) groups excluding carboxylic acids is 8. The second-order valence-corrected chi connectivity index (χ2v) is 26.3. The number of benzene rings is 2. The number of hydrogen-bond donors (Lipinski definition) is 3. The van der Waals surface area contributed by atoms with E-state index in [2.05, 4.69) is 72.7 Å². The van der Waals surface area contributed by atoms with Gasteiger partial charge in [-0.1, -0.05) is 209 Å². The second kappa shape index (κ2) is 43.8. The summed E-state index contributed by atoms with van der Waals surface area (Å²) in [5, 5.41) is 10.3. The third-order valence-electron chi connectivity index (χ3n) is 18.0. The highest BCUT2D eigenvalue weighted by atomic mass is 127. The first-order valence-electron chi connectivity index (χ1n) is 32.2. The van der Waals surface area contributed by atoms with Crippen LogP contribution >= 0.6 is 38.5 Å². The highest BCUT2D eigenvalue weighted by Gasteiger charge is 2.51. The molecule has 4 atom stereocenters. The zero-order valence-corrected chi connectivity index (χ0v) is 58.7. The van der Waals surface area contributed by atoms with E-state index in [0.717, 1.165) is 59.4 Å². The number of esters is 2. The van der Waals surface area contributed by atoms with E-state index in [1.54, 1.807) is 39.8 Å². The van der Waals surface area contributed by atoms with E-state index in [1.165, 1.54) is 128 Å². The van der Waals surface area contributed by atoms with Crippen molar-refractivity contribution in [2.45, 2.75) is 235 Å². The summed E-state index contributed by atoms with van der Waals surface area (Å²) in [6.07, 6.45) is 28.8. The van der Waals surface area contributed by atoms with Crippen molar-refractivity contribution in [1.29, 1.82) is 11.1 Å². The predicted octanol–water partition coefficient (Wildman–Crippen LogP) is 17.3. The van der Waals surface area contributed by atoms with E-state index >= 15 is 0 Å². The van der Waals surface area contributed by atoms with Crippen molar-refractivity contribution >= 4 is 96.8 Å². The number of unbranched alkanes of at least 4 members (excludes halogenated alkanes) is 2. The van der Waals surface area contributed by atoms with Crippen LogP contribution in [0.5, 0.6) is 0 Å². The summed E-state index contributed by atoms with van der Waals surface area (Å²) >= 11 is 5.66. The van der Waals surface area contributed by atoms with Crippen LogP contribution in [0.2, 0.25) is 0 Å². The molecule has 8 rings (SSSR count). The molecule has 3 N–H and O–H groups in total. The van der Waals surface area contributed by atoms with Crippen LogP contribution in [0.4, 0.5) is 0 Å². The van der Waals surface area contributed by atoms with Gasteiger partial charge in [-0.2, -0.15) is 10.2 Å². The molecule has 4 aliphatic carbocycles. The van der Waals surface area contributed by atoms with E-state index in [9.17, 15) is 38.4 Å². The molecular formula is C69H110BrIN6O10. The Labute approximate surface area is 545 Å². The minimum Gasteiger partial charge on any atom is -0.465 e. The Hall–Kier alpha value is -4.85. The molecule has 6 aliphatic rings. The van der Waals surface area contributed by atoms with E-state index < -0.39 is 22.7 Å². The van der Waals surface area contributed by atoms with Gasteiger partial charge in [0.1, 0.15) is 29.4 Å². The molecular weight excluding hydrogens is 1280 g/mol. The van der Waals surface area contributed by atoms with Gasteiger partial charge in [0.25, 0.3) is 11.8 Å². The quantitative estimate of drug-likeness (QED) is 0.0358. The van der Waals surface area contributed by atoms with Gasteiger partial charge in [-0.15, -0.1) is 0 Å². The SMILES string of the molecule is CC1=NN(CC(=O)c2ccccc2)C(=O)C1(C)C1CCCCC1.CC1=NNC(=O)C1(C)C1CCCCC1.CCCCC.CCOC(=O)C(C)(C(C)=O)C1CCCCC1.CCOC(=O)C(C)C(C)=O.IC1CCCCC1.N=N.O=C(CBr)c1ccccc1.[HH]. The Morgan fingerprint density at radius 2 is 1.10 bits per heavy atom. The first-order valence-corrected chi connectivity index (χ1v) is 34.5. The summed E-state index contributed by atoms with van der Waals surface area (Å²) in [4.78, 5) is 93.1. The molecule has 2 amide bonds. The number of nitrogens with zero attached hydrogens (tertiary/aromatic N) is 3. The molecule has 18 heteroatoms. The number of carbonyl (C=O) groups is 8. The number of ether oxygens (including phenoxy) is 2. The third kappa shape index (κ3) is 25.9. The van der Waals surface area contributed by atoms with Gasteiger partial charge in [0.15, 0.2) is 11.6 Å². The zero-order chi connectivity index (χ0) is 65.6. The van der Waals surface area contributed by atoms with Crippen LogP contribution in [0.15, 0.2) is 70.9 Å². The fourth-order valence-corrected chi connectivity index (χ4v) is 12.9. The summed E-state index contributed by atoms with van der Waals surface area (Å²) in [5.41, 5.74) is 14.0. The van der Waals surface area contributed by atoms with Crippen molar-refractivity contribution in [3.8, 4) is 0 Å². The number of alkyl halides is 2. The minimum absolute atomic E-state index is 0. The molecule has 0 bridgehead atoms. The Kier molecular flexibility index (Phi) is 40.3. The average Bonchev–Trinajstić information content (AvgIpc) is 2.34. The van der Waals surface area contributed by atoms with Gasteiger partial charge in [-0.05, 0) is 138 Å². The van der Waals surface area contributed by atoms with Gasteiger partial charge in [0.2, 0.25) is 0 Å². The highest BCUT2D eigenvalue weighted by Crippen LogP contribution is 2.45. The summed E-state index contributed by atoms with van der Waals surface area (Å²) in [7, 11) is 0. The Bertz CT molecular complexity index is 2460. The predicted molar refractivity (Wildman–Crippen MR) is 363 cm³/mol. The smallest absolute Gasteiger partial charge is 0.319 e. The van der Waals surface area contributed by atoms with Crippen LogP contribution in [0.3, 0.4) is 0 Å². The fourth-order valence-electron chi connectivity index (χ4n) is 11.7. The van der Waals surface area contributed by atoms with Crippen molar-refractivity contribution in [3.63, 3.8) is 0 Å². The molecule has 2 aromatic rings. The number of Topliss-reactive ketones (excluding diaryl/α,β-unsaturated/α-hetero) is 4. The van der Waals surface area contributed by atoms with E-state index in [1.807, 2.05) is 76.2 Å². The van der Waals surface area contributed by atoms with Crippen LogP contribution < -0.4 is 5.43 Å². The molecule has 2 aliphatic heterocycles. The number of amides is 2. The molecule has 87 heavy (non-hydrogen) atoms. The molecule has 2 aromatic carbocycles. The van der Waals surface area contributed by atoms with Gasteiger partial charge in [0.05, 0.1) is 40.8 Å². The minimum atomic E-state index is -0.920. The number of nitrogens with one attached hydrogen (secondary N) is 3. The van der Waals surface area contributed by atoms with Crippen LogP contribution in [-0.4, -0.2) is 92.3 Å². The third-order valence-corrected chi connectivity index (χ3v) is 19.8. The average molecular weight is 1390 g/mol. The lowest BCUT2D eigenvalue weighted by Crippen LogP contribution is -2.44. The fraction of sp³-hybridized carbons (Fsp3) is 0.681. The standard InChI is InChI=1S/C19H24N2O2.C13H22O3.C11H18N2O.C8H7BrO.C7H12O3.C6H11I.C5H12.H2N2.H2/c1-14-19(2,16-11-7-4-8-12-16)18(23)21(20-14)13-17(22)15-9-5-3-6-10-15;1-4-16-12(15)13(3,10(2)14)11-8-6-5-7-9-11;1-8-11(2,10(14)13-12-8)9-6-4-3-5-7-9;9-6-8(10)7-4-2-1-3-5-7;1-4-10-7(9)5(2)6(3)8;7-6-4-2-1-3-5-6;1-3-5-4-2;1-2;/h3,5-6,9-10,16H,4,7-8,11-13H2,1-2H3;11H,4-9H2,1-3H3;9H,3-7H2,1-2H3,(H,13,14);1-5H,6H2;5H,4H2,1-3H3;6H,1-5H2;3-5H2,1-2H3;1-2H;1H. The van der Waals surface area contributed by atoms with Gasteiger partial charge in [0, 0.05) is 16.5 Å². The zero-order valence-electron chi connectivity index (χ0n) is 54.9. The van der Waals surface area contributed by atoms with Crippen molar-refractivity contribution in [3.05, 3.63) is 71.8 Å². The van der Waals surface area contributed by atoms with Crippen molar-refractivity contribution < 1.29 is 49.3 Å².